The van der Waals surface area contributed by atoms with Crippen LogP contribution in [0.2, 0.25) is 0 Å². The average molecular weight is 328 g/mol. The Kier molecular flexibility index (Phi) is 4.74. The molecule has 0 fully saturated rings. The number of carbonyl (C=O) groups excluding carboxylic acids is 1. The molecule has 0 radical (unpaired) electrons. The predicted molar refractivity (Wildman–Crippen MR) is 95.0 cm³/mol. The zero-order chi connectivity index (χ0) is 17.1. The summed E-state index contributed by atoms with van der Waals surface area (Å²) in [4.78, 5) is 14.7. The third-order valence-corrected chi connectivity index (χ3v) is 4.33. The van der Waals surface area contributed by atoms with Gasteiger partial charge in [-0.05, 0) is 44.5 Å². The van der Waals surface area contributed by atoms with Crippen LogP contribution in [0.25, 0.3) is 0 Å². The number of amides is 1. The first-order chi connectivity index (χ1) is 11.6. The van der Waals surface area contributed by atoms with Crippen molar-refractivity contribution in [1.82, 2.24) is 9.78 Å². The van der Waals surface area contributed by atoms with Crippen LogP contribution in [0, 0.1) is 6.92 Å². The van der Waals surface area contributed by atoms with Gasteiger partial charge in [-0.3, -0.25) is 4.79 Å². The summed E-state index contributed by atoms with van der Waals surface area (Å²) in [5.74, 6) is 0.458. The van der Waals surface area contributed by atoms with E-state index in [-0.39, 0.29) is 5.91 Å². The molecule has 0 saturated heterocycles. The summed E-state index contributed by atoms with van der Waals surface area (Å²) in [6, 6.07) is 7.79. The van der Waals surface area contributed by atoms with Crippen molar-refractivity contribution in [2.45, 2.75) is 33.7 Å². The molecule has 6 nitrogen and oxygen atoms in total. The van der Waals surface area contributed by atoms with Crippen molar-refractivity contribution < 1.29 is 9.53 Å². The summed E-state index contributed by atoms with van der Waals surface area (Å²) < 4.78 is 7.25. The molecule has 1 N–H and O–H groups in total. The van der Waals surface area contributed by atoms with Gasteiger partial charge in [0.15, 0.2) is 5.69 Å². The third-order valence-electron chi connectivity index (χ3n) is 4.33. The molecule has 0 bridgehead atoms. The van der Waals surface area contributed by atoms with E-state index in [1.807, 2.05) is 19.1 Å². The van der Waals surface area contributed by atoms with Crippen LogP contribution in [0.3, 0.4) is 0 Å². The number of benzene rings is 1. The molecule has 0 atom stereocenters. The van der Waals surface area contributed by atoms with E-state index in [2.05, 4.69) is 35.2 Å². The Hall–Kier alpha value is -2.50. The fourth-order valence-corrected chi connectivity index (χ4v) is 2.94. The van der Waals surface area contributed by atoms with Crippen molar-refractivity contribution in [3.05, 3.63) is 35.5 Å². The van der Waals surface area contributed by atoms with Gasteiger partial charge >= 0.3 is 0 Å². The molecule has 24 heavy (non-hydrogen) atoms. The zero-order valence-corrected chi connectivity index (χ0v) is 14.5. The van der Waals surface area contributed by atoms with Crippen LogP contribution in [-0.2, 0) is 6.54 Å². The van der Waals surface area contributed by atoms with E-state index in [4.69, 9.17) is 4.74 Å². The molecule has 2 heterocycles. The number of hydrogen-bond donors (Lipinski definition) is 1. The zero-order valence-electron chi connectivity index (χ0n) is 14.5. The Morgan fingerprint density at radius 2 is 2.12 bits per heavy atom. The van der Waals surface area contributed by atoms with Gasteiger partial charge in [0.2, 0.25) is 5.88 Å². The summed E-state index contributed by atoms with van der Waals surface area (Å²) in [7, 11) is 0. The lowest BCUT2D eigenvalue weighted by atomic mass is 10.1. The SMILES string of the molecule is CCN(CC)c1ccc(NC(=O)c2cc3n(n2)CCCO3)c(C)c1. The van der Waals surface area contributed by atoms with Gasteiger partial charge in [0.1, 0.15) is 0 Å². The monoisotopic (exact) mass is 328 g/mol. The molecule has 1 aliphatic rings. The van der Waals surface area contributed by atoms with Gasteiger partial charge < -0.3 is 15.0 Å². The Labute approximate surface area is 142 Å². The lowest BCUT2D eigenvalue weighted by Gasteiger charge is -2.22. The van der Waals surface area contributed by atoms with Gasteiger partial charge in [-0.25, -0.2) is 4.68 Å². The van der Waals surface area contributed by atoms with Crippen molar-refractivity contribution in [2.24, 2.45) is 0 Å². The summed E-state index contributed by atoms with van der Waals surface area (Å²) in [5, 5.41) is 7.27. The fourth-order valence-electron chi connectivity index (χ4n) is 2.94. The van der Waals surface area contributed by atoms with E-state index < -0.39 is 0 Å². The highest BCUT2D eigenvalue weighted by Gasteiger charge is 2.18. The van der Waals surface area contributed by atoms with E-state index in [0.717, 1.165) is 37.3 Å². The van der Waals surface area contributed by atoms with Crippen LogP contribution in [0.5, 0.6) is 5.88 Å². The summed E-state index contributed by atoms with van der Waals surface area (Å²) in [6.45, 7) is 9.67. The molecule has 0 spiro atoms. The fraction of sp³-hybridized carbons (Fsp3) is 0.444. The molecular formula is C18H24N4O2. The molecule has 2 aromatic rings. The first-order valence-corrected chi connectivity index (χ1v) is 8.50. The maximum absolute atomic E-state index is 12.5. The van der Waals surface area contributed by atoms with Gasteiger partial charge in [-0.15, -0.1) is 0 Å². The number of anilines is 2. The first-order valence-electron chi connectivity index (χ1n) is 8.50. The van der Waals surface area contributed by atoms with Crippen LogP contribution in [-0.4, -0.2) is 35.4 Å². The Balaban J connectivity index is 1.75. The van der Waals surface area contributed by atoms with Crippen LogP contribution in [0.4, 0.5) is 11.4 Å². The first kappa shape index (κ1) is 16.4. The topological polar surface area (TPSA) is 59.4 Å². The van der Waals surface area contributed by atoms with Gasteiger partial charge in [-0.2, -0.15) is 5.10 Å². The van der Waals surface area contributed by atoms with Crippen LogP contribution < -0.4 is 15.0 Å². The number of nitrogens with zero attached hydrogens (tertiary/aromatic N) is 3. The Bertz CT molecular complexity index is 711. The normalized spacial score (nSPS) is 13.1. The van der Waals surface area contributed by atoms with E-state index in [9.17, 15) is 4.79 Å². The van der Waals surface area contributed by atoms with Gasteiger partial charge in [0.25, 0.3) is 5.91 Å². The van der Waals surface area contributed by atoms with Crippen molar-refractivity contribution in [3.8, 4) is 5.88 Å². The minimum atomic E-state index is -0.209. The molecule has 1 aromatic carbocycles. The minimum Gasteiger partial charge on any atom is -0.478 e. The molecule has 128 valence electrons. The molecule has 1 amide bonds. The minimum absolute atomic E-state index is 0.209. The van der Waals surface area contributed by atoms with E-state index >= 15 is 0 Å². The van der Waals surface area contributed by atoms with Crippen molar-refractivity contribution in [3.63, 3.8) is 0 Å². The predicted octanol–water partition coefficient (Wildman–Crippen LogP) is 3.07. The number of nitrogens with one attached hydrogen (secondary N) is 1. The largest absolute Gasteiger partial charge is 0.478 e. The highest BCUT2D eigenvalue weighted by Crippen LogP contribution is 2.24. The number of aryl methyl sites for hydroxylation is 2. The second-order valence-corrected chi connectivity index (χ2v) is 5.92. The maximum Gasteiger partial charge on any atom is 0.276 e. The van der Waals surface area contributed by atoms with Crippen LogP contribution >= 0.6 is 0 Å². The molecule has 0 aliphatic carbocycles. The lowest BCUT2D eigenvalue weighted by molar-refractivity contribution is 0.102. The second kappa shape index (κ2) is 6.95. The maximum atomic E-state index is 12.5. The van der Waals surface area contributed by atoms with Crippen LogP contribution in [0.1, 0.15) is 36.3 Å². The number of rotatable bonds is 5. The number of hydrogen-bond acceptors (Lipinski definition) is 4. The molecular weight excluding hydrogens is 304 g/mol. The Morgan fingerprint density at radius 1 is 1.33 bits per heavy atom. The molecule has 0 unspecified atom stereocenters. The second-order valence-electron chi connectivity index (χ2n) is 5.92. The van der Waals surface area contributed by atoms with Gasteiger partial charge in [-0.1, -0.05) is 0 Å². The average Bonchev–Trinajstić information content (AvgIpc) is 3.02. The number of aromatic nitrogens is 2. The van der Waals surface area contributed by atoms with Gasteiger partial charge in [0.05, 0.1) is 6.61 Å². The molecule has 1 aromatic heterocycles. The Morgan fingerprint density at radius 3 is 2.79 bits per heavy atom. The van der Waals surface area contributed by atoms with E-state index in [1.54, 1.807) is 10.7 Å². The number of carbonyl (C=O) groups is 1. The number of fused-ring (bicyclic) bond motifs is 1. The number of ether oxygens (including phenoxy) is 1. The van der Waals surface area contributed by atoms with Crippen LogP contribution in [0.15, 0.2) is 24.3 Å². The quantitative estimate of drug-likeness (QED) is 0.916. The molecule has 0 saturated carbocycles. The highest BCUT2D eigenvalue weighted by molar-refractivity contribution is 6.03. The lowest BCUT2D eigenvalue weighted by Crippen LogP contribution is -2.22. The van der Waals surface area contributed by atoms with Crippen molar-refractivity contribution in [2.75, 3.05) is 29.9 Å². The highest BCUT2D eigenvalue weighted by atomic mass is 16.5. The smallest absolute Gasteiger partial charge is 0.276 e. The summed E-state index contributed by atoms with van der Waals surface area (Å²) in [5.41, 5.74) is 3.40. The summed E-state index contributed by atoms with van der Waals surface area (Å²) >= 11 is 0. The standard InChI is InChI=1S/C18H24N4O2/c1-4-21(5-2)14-7-8-15(13(3)11-14)19-18(23)16-12-17-22(20-16)9-6-10-24-17/h7-8,11-12H,4-6,9-10H2,1-3H3,(H,19,23). The molecule has 6 heteroatoms. The van der Waals surface area contributed by atoms with E-state index in [0.29, 0.717) is 18.2 Å². The van der Waals surface area contributed by atoms with Crippen molar-refractivity contribution >= 4 is 17.3 Å². The summed E-state index contributed by atoms with van der Waals surface area (Å²) in [6.07, 6.45) is 0.918. The molecule has 1 aliphatic heterocycles. The van der Waals surface area contributed by atoms with Crippen molar-refractivity contribution in [1.29, 1.82) is 0 Å². The van der Waals surface area contributed by atoms with Gasteiger partial charge in [0, 0.05) is 43.5 Å². The third kappa shape index (κ3) is 3.22. The molecule has 3 rings (SSSR count). The van der Waals surface area contributed by atoms with E-state index in [1.165, 1.54) is 5.69 Å².